The van der Waals surface area contributed by atoms with E-state index in [2.05, 4.69) is 24.3 Å². The van der Waals surface area contributed by atoms with Crippen molar-refractivity contribution < 1.29 is 0 Å². The molecule has 0 radical (unpaired) electrons. The van der Waals surface area contributed by atoms with E-state index in [1.807, 2.05) is 30.4 Å². The Bertz CT molecular complexity index is 407. The molecule has 0 fully saturated rings. The number of nitriles is 1. The van der Waals surface area contributed by atoms with Crippen molar-refractivity contribution in [3.05, 3.63) is 59.7 Å². The van der Waals surface area contributed by atoms with Crippen molar-refractivity contribution in [1.29, 1.82) is 5.26 Å². The zero-order chi connectivity index (χ0) is 9.80. The number of rotatable bonds is 1. The van der Waals surface area contributed by atoms with Crippen LogP contribution in [-0.2, 0) is 0 Å². The lowest BCUT2D eigenvalue weighted by molar-refractivity contribution is 0.821. The molecule has 0 saturated heterocycles. The van der Waals surface area contributed by atoms with Gasteiger partial charge in [-0.15, -0.1) is 0 Å². The SMILES string of the molecule is N#CC1=CC=CCC1c1ccccc1. The largest absolute Gasteiger partial charge is 0.193 e. The summed E-state index contributed by atoms with van der Waals surface area (Å²) >= 11 is 0. The van der Waals surface area contributed by atoms with Gasteiger partial charge in [-0.2, -0.15) is 5.26 Å². The van der Waals surface area contributed by atoms with Gasteiger partial charge < -0.3 is 0 Å². The van der Waals surface area contributed by atoms with Crippen molar-refractivity contribution in [2.45, 2.75) is 12.3 Å². The first kappa shape index (κ1) is 8.77. The van der Waals surface area contributed by atoms with Gasteiger partial charge in [0.1, 0.15) is 0 Å². The Labute approximate surface area is 84.0 Å². The van der Waals surface area contributed by atoms with Crippen LogP contribution >= 0.6 is 0 Å². The van der Waals surface area contributed by atoms with Gasteiger partial charge in [0.2, 0.25) is 0 Å². The number of nitrogens with zero attached hydrogens (tertiary/aromatic N) is 1. The summed E-state index contributed by atoms with van der Waals surface area (Å²) in [5.41, 5.74) is 2.09. The van der Waals surface area contributed by atoms with Crippen molar-refractivity contribution in [3.8, 4) is 6.07 Å². The lowest BCUT2D eigenvalue weighted by Crippen LogP contribution is -2.02. The molecule has 1 unspecified atom stereocenters. The van der Waals surface area contributed by atoms with Crippen molar-refractivity contribution in [1.82, 2.24) is 0 Å². The second-order valence-corrected chi connectivity index (χ2v) is 3.36. The number of hydrogen-bond acceptors (Lipinski definition) is 1. The van der Waals surface area contributed by atoms with Crippen LogP contribution in [0.4, 0.5) is 0 Å². The highest BCUT2D eigenvalue weighted by Crippen LogP contribution is 2.30. The Balaban J connectivity index is 2.33. The van der Waals surface area contributed by atoms with Crippen LogP contribution in [0.1, 0.15) is 17.9 Å². The molecule has 1 aliphatic carbocycles. The lowest BCUT2D eigenvalue weighted by atomic mass is 9.86. The van der Waals surface area contributed by atoms with E-state index in [1.54, 1.807) is 0 Å². The normalized spacial score (nSPS) is 19.9. The summed E-state index contributed by atoms with van der Waals surface area (Å²) in [7, 11) is 0. The molecule has 0 N–H and O–H groups in total. The third kappa shape index (κ3) is 1.60. The van der Waals surface area contributed by atoms with E-state index in [0.717, 1.165) is 12.0 Å². The van der Waals surface area contributed by atoms with Crippen molar-refractivity contribution in [2.75, 3.05) is 0 Å². The molecule has 1 atom stereocenters. The zero-order valence-corrected chi connectivity index (χ0v) is 7.85. The summed E-state index contributed by atoms with van der Waals surface area (Å²) in [5.74, 6) is 0.256. The van der Waals surface area contributed by atoms with Crippen LogP contribution < -0.4 is 0 Å². The summed E-state index contributed by atoms with van der Waals surface area (Å²) in [6.45, 7) is 0. The maximum absolute atomic E-state index is 8.97. The third-order valence-electron chi connectivity index (χ3n) is 2.49. The first-order valence-electron chi connectivity index (χ1n) is 4.73. The monoisotopic (exact) mass is 181 g/mol. The van der Waals surface area contributed by atoms with Crippen LogP contribution in [0.3, 0.4) is 0 Å². The van der Waals surface area contributed by atoms with Crippen LogP contribution in [0.2, 0.25) is 0 Å². The number of benzene rings is 1. The number of allylic oxidation sites excluding steroid dienone is 4. The van der Waals surface area contributed by atoms with E-state index < -0.39 is 0 Å². The molecule has 0 bridgehead atoms. The molecule has 1 aromatic carbocycles. The molecule has 2 rings (SSSR count). The van der Waals surface area contributed by atoms with Gasteiger partial charge in [-0.3, -0.25) is 0 Å². The molecule has 1 nitrogen and oxygen atoms in total. The van der Waals surface area contributed by atoms with Crippen molar-refractivity contribution in [2.24, 2.45) is 0 Å². The Morgan fingerprint density at radius 3 is 2.71 bits per heavy atom. The van der Waals surface area contributed by atoms with Gasteiger partial charge in [-0.1, -0.05) is 42.5 Å². The molecule has 1 aromatic rings. The molecule has 14 heavy (non-hydrogen) atoms. The molecule has 0 saturated carbocycles. The molecular weight excluding hydrogens is 170 g/mol. The molecule has 1 heteroatoms. The highest BCUT2D eigenvalue weighted by Gasteiger charge is 2.16. The van der Waals surface area contributed by atoms with Gasteiger partial charge in [0.05, 0.1) is 6.07 Å². The first-order valence-corrected chi connectivity index (χ1v) is 4.73. The predicted octanol–water partition coefficient (Wildman–Crippen LogP) is 3.18. The molecule has 0 aliphatic heterocycles. The highest BCUT2D eigenvalue weighted by atomic mass is 14.3. The molecule has 68 valence electrons. The van der Waals surface area contributed by atoms with Crippen molar-refractivity contribution in [3.63, 3.8) is 0 Å². The fraction of sp³-hybridized carbons (Fsp3) is 0.154. The highest BCUT2D eigenvalue weighted by molar-refractivity contribution is 5.41. The summed E-state index contributed by atoms with van der Waals surface area (Å²) in [6, 6.07) is 12.5. The van der Waals surface area contributed by atoms with Gasteiger partial charge in [0, 0.05) is 11.5 Å². The summed E-state index contributed by atoms with van der Waals surface area (Å²) in [4.78, 5) is 0. The van der Waals surface area contributed by atoms with Gasteiger partial charge in [0.25, 0.3) is 0 Å². The van der Waals surface area contributed by atoms with Gasteiger partial charge in [0.15, 0.2) is 0 Å². The Morgan fingerprint density at radius 2 is 2.00 bits per heavy atom. The van der Waals surface area contributed by atoms with E-state index in [-0.39, 0.29) is 5.92 Å². The van der Waals surface area contributed by atoms with Gasteiger partial charge >= 0.3 is 0 Å². The van der Waals surface area contributed by atoms with Crippen LogP contribution in [0, 0.1) is 11.3 Å². The lowest BCUT2D eigenvalue weighted by Gasteiger charge is -2.16. The molecular formula is C13H11N. The maximum atomic E-state index is 8.97. The minimum atomic E-state index is 0.256. The standard InChI is InChI=1S/C13H11N/c14-10-12-8-4-5-9-13(12)11-6-2-1-3-7-11/h1-8,13H,9H2. The van der Waals surface area contributed by atoms with E-state index in [4.69, 9.17) is 5.26 Å². The zero-order valence-electron chi connectivity index (χ0n) is 7.85. The number of hydrogen-bond donors (Lipinski definition) is 0. The van der Waals surface area contributed by atoms with Crippen LogP contribution in [0.5, 0.6) is 0 Å². The van der Waals surface area contributed by atoms with E-state index in [9.17, 15) is 0 Å². The van der Waals surface area contributed by atoms with Crippen molar-refractivity contribution >= 4 is 0 Å². The minimum Gasteiger partial charge on any atom is -0.193 e. The van der Waals surface area contributed by atoms with Gasteiger partial charge in [-0.05, 0) is 18.1 Å². The maximum Gasteiger partial charge on any atom is 0.0953 e. The van der Waals surface area contributed by atoms with Crippen LogP contribution in [-0.4, -0.2) is 0 Å². The Hall–Kier alpha value is -1.81. The fourth-order valence-corrected chi connectivity index (χ4v) is 1.75. The molecule has 0 heterocycles. The van der Waals surface area contributed by atoms with E-state index in [0.29, 0.717) is 0 Å². The second kappa shape index (κ2) is 3.93. The minimum absolute atomic E-state index is 0.256. The molecule has 0 amide bonds. The topological polar surface area (TPSA) is 23.8 Å². The first-order chi connectivity index (χ1) is 6.92. The summed E-state index contributed by atoms with van der Waals surface area (Å²) in [5, 5.41) is 8.97. The van der Waals surface area contributed by atoms with E-state index >= 15 is 0 Å². The molecule has 0 aromatic heterocycles. The Morgan fingerprint density at radius 1 is 1.21 bits per heavy atom. The second-order valence-electron chi connectivity index (χ2n) is 3.36. The smallest absolute Gasteiger partial charge is 0.0953 e. The average Bonchev–Trinajstić information content (AvgIpc) is 2.30. The molecule has 1 aliphatic rings. The average molecular weight is 181 g/mol. The molecule has 0 spiro atoms. The quantitative estimate of drug-likeness (QED) is 0.652. The van der Waals surface area contributed by atoms with Crippen LogP contribution in [0.15, 0.2) is 54.1 Å². The predicted molar refractivity (Wildman–Crippen MR) is 56.6 cm³/mol. The van der Waals surface area contributed by atoms with Gasteiger partial charge in [-0.25, -0.2) is 0 Å². The third-order valence-corrected chi connectivity index (χ3v) is 2.49. The summed E-state index contributed by atoms with van der Waals surface area (Å²) in [6.07, 6.45) is 6.90. The van der Waals surface area contributed by atoms with E-state index in [1.165, 1.54) is 5.56 Å². The fourth-order valence-electron chi connectivity index (χ4n) is 1.75. The Kier molecular flexibility index (Phi) is 2.46. The summed E-state index contributed by atoms with van der Waals surface area (Å²) < 4.78 is 0. The van der Waals surface area contributed by atoms with Crippen LogP contribution in [0.25, 0.3) is 0 Å².